The third-order valence-electron chi connectivity index (χ3n) is 5.34. The van der Waals surface area contributed by atoms with Crippen molar-refractivity contribution in [1.29, 1.82) is 0 Å². The summed E-state index contributed by atoms with van der Waals surface area (Å²) in [5, 5.41) is 18.4. The molecule has 0 aromatic heterocycles. The van der Waals surface area contributed by atoms with E-state index in [0.29, 0.717) is 25.4 Å². The predicted octanol–water partition coefficient (Wildman–Crippen LogP) is 3.40. The second kappa shape index (κ2) is 7.90. The van der Waals surface area contributed by atoms with Crippen LogP contribution in [0.15, 0.2) is 60.7 Å². The Bertz CT molecular complexity index is 1000. The standard InChI is InChI=1S/C23H25N3O2/c1-26(15-21-11-19-8-9-22(27)12-20(19)14-24-21)23(28)25-13-16-6-7-17-4-2-3-5-18(17)10-16/h2-10,12,21,24,27H,11,13-15H2,1H3,(H,25,28)/t21-/m0/s1. The highest BCUT2D eigenvalue weighted by atomic mass is 16.3. The van der Waals surface area contributed by atoms with Gasteiger partial charge in [0, 0.05) is 32.7 Å². The summed E-state index contributed by atoms with van der Waals surface area (Å²) in [6, 6.07) is 20.1. The van der Waals surface area contributed by atoms with Crippen LogP contribution in [0.4, 0.5) is 4.79 Å². The van der Waals surface area contributed by atoms with Crippen LogP contribution in [0.3, 0.4) is 0 Å². The maximum absolute atomic E-state index is 12.5. The molecule has 2 amide bonds. The Labute approximate surface area is 165 Å². The topological polar surface area (TPSA) is 64.6 Å². The molecule has 0 saturated heterocycles. The van der Waals surface area contributed by atoms with E-state index in [1.165, 1.54) is 16.3 Å². The first-order chi connectivity index (χ1) is 13.6. The largest absolute Gasteiger partial charge is 0.508 e. The van der Waals surface area contributed by atoms with Crippen LogP contribution in [0.1, 0.15) is 16.7 Å². The van der Waals surface area contributed by atoms with Gasteiger partial charge >= 0.3 is 6.03 Å². The van der Waals surface area contributed by atoms with E-state index in [4.69, 9.17) is 0 Å². The molecule has 28 heavy (non-hydrogen) atoms. The zero-order valence-electron chi connectivity index (χ0n) is 16.0. The van der Waals surface area contributed by atoms with Crippen molar-refractivity contribution in [1.82, 2.24) is 15.5 Å². The van der Waals surface area contributed by atoms with Crippen molar-refractivity contribution >= 4 is 16.8 Å². The van der Waals surface area contributed by atoms with E-state index in [2.05, 4.69) is 41.0 Å². The van der Waals surface area contributed by atoms with Crippen LogP contribution < -0.4 is 10.6 Å². The number of amides is 2. The molecule has 5 heteroatoms. The highest BCUT2D eigenvalue weighted by molar-refractivity contribution is 5.83. The highest BCUT2D eigenvalue weighted by Crippen LogP contribution is 2.21. The van der Waals surface area contributed by atoms with Crippen molar-refractivity contribution in [2.45, 2.75) is 25.6 Å². The molecule has 0 saturated carbocycles. The van der Waals surface area contributed by atoms with Gasteiger partial charge in [0.1, 0.15) is 5.75 Å². The van der Waals surface area contributed by atoms with Gasteiger partial charge in [-0.1, -0.05) is 42.5 Å². The van der Waals surface area contributed by atoms with Gasteiger partial charge in [-0.3, -0.25) is 0 Å². The Morgan fingerprint density at radius 2 is 1.93 bits per heavy atom. The molecule has 0 radical (unpaired) electrons. The molecule has 5 nitrogen and oxygen atoms in total. The Kier molecular flexibility index (Phi) is 5.17. The third-order valence-corrected chi connectivity index (χ3v) is 5.34. The molecule has 3 aromatic carbocycles. The minimum Gasteiger partial charge on any atom is -0.508 e. The van der Waals surface area contributed by atoms with Crippen LogP contribution in [0, 0.1) is 0 Å². The Morgan fingerprint density at radius 1 is 1.11 bits per heavy atom. The first-order valence-corrected chi connectivity index (χ1v) is 9.59. The van der Waals surface area contributed by atoms with E-state index < -0.39 is 0 Å². The Morgan fingerprint density at radius 3 is 2.79 bits per heavy atom. The Balaban J connectivity index is 1.31. The van der Waals surface area contributed by atoms with Crippen LogP contribution in [-0.4, -0.2) is 35.7 Å². The molecule has 3 aromatic rings. The number of benzene rings is 3. The number of aromatic hydroxyl groups is 1. The number of fused-ring (bicyclic) bond motifs is 2. The molecule has 4 rings (SSSR count). The lowest BCUT2D eigenvalue weighted by Gasteiger charge is -2.30. The lowest BCUT2D eigenvalue weighted by Crippen LogP contribution is -2.47. The van der Waals surface area contributed by atoms with Gasteiger partial charge in [-0.05, 0) is 52.1 Å². The second-order valence-electron chi connectivity index (χ2n) is 7.46. The van der Waals surface area contributed by atoms with Crippen molar-refractivity contribution < 1.29 is 9.90 Å². The van der Waals surface area contributed by atoms with Crippen LogP contribution in [0.25, 0.3) is 10.8 Å². The molecule has 0 bridgehead atoms. The fourth-order valence-corrected chi connectivity index (χ4v) is 3.77. The lowest BCUT2D eigenvalue weighted by atomic mass is 9.95. The van der Waals surface area contributed by atoms with Crippen LogP contribution in [0.5, 0.6) is 5.75 Å². The molecule has 0 fully saturated rings. The van der Waals surface area contributed by atoms with Gasteiger partial charge in [0.05, 0.1) is 0 Å². The molecule has 1 heterocycles. The number of hydrogen-bond donors (Lipinski definition) is 3. The van der Waals surface area contributed by atoms with Gasteiger partial charge in [0.2, 0.25) is 0 Å². The number of phenols is 1. The number of urea groups is 1. The molecule has 0 unspecified atom stereocenters. The monoisotopic (exact) mass is 375 g/mol. The summed E-state index contributed by atoms with van der Waals surface area (Å²) in [7, 11) is 1.82. The smallest absolute Gasteiger partial charge is 0.317 e. The fraction of sp³-hybridized carbons (Fsp3) is 0.261. The highest BCUT2D eigenvalue weighted by Gasteiger charge is 2.21. The van der Waals surface area contributed by atoms with Gasteiger partial charge in [-0.15, -0.1) is 0 Å². The van der Waals surface area contributed by atoms with E-state index in [1.54, 1.807) is 17.0 Å². The molecule has 1 aliphatic rings. The SMILES string of the molecule is CN(C[C@@H]1Cc2ccc(O)cc2CN1)C(=O)NCc1ccc2ccccc2c1. The summed E-state index contributed by atoms with van der Waals surface area (Å²) in [6.07, 6.45) is 0.845. The van der Waals surface area contributed by atoms with Crippen molar-refractivity contribution in [2.24, 2.45) is 0 Å². The number of hydrogen-bond acceptors (Lipinski definition) is 3. The summed E-state index contributed by atoms with van der Waals surface area (Å²) in [5.74, 6) is 0.296. The third kappa shape index (κ3) is 4.10. The molecule has 1 atom stereocenters. The first kappa shape index (κ1) is 18.3. The van der Waals surface area contributed by atoms with E-state index in [0.717, 1.165) is 17.5 Å². The number of nitrogens with one attached hydrogen (secondary N) is 2. The number of nitrogens with zero attached hydrogens (tertiary/aromatic N) is 1. The number of phenolic OH excluding ortho intramolecular Hbond substituents is 1. The zero-order valence-corrected chi connectivity index (χ0v) is 16.0. The minimum absolute atomic E-state index is 0.0774. The zero-order chi connectivity index (χ0) is 19.5. The summed E-state index contributed by atoms with van der Waals surface area (Å²) in [5.41, 5.74) is 3.44. The summed E-state index contributed by atoms with van der Waals surface area (Å²) < 4.78 is 0. The second-order valence-corrected chi connectivity index (χ2v) is 7.46. The van der Waals surface area contributed by atoms with Gasteiger partial charge < -0.3 is 20.6 Å². The van der Waals surface area contributed by atoms with Crippen molar-refractivity contribution in [3.05, 3.63) is 77.4 Å². The molecular weight excluding hydrogens is 350 g/mol. The number of carbonyl (C=O) groups is 1. The molecular formula is C23H25N3O2. The van der Waals surface area contributed by atoms with Gasteiger partial charge in [-0.25, -0.2) is 4.79 Å². The maximum atomic E-state index is 12.5. The number of rotatable bonds is 4. The van der Waals surface area contributed by atoms with Crippen molar-refractivity contribution in [3.8, 4) is 5.75 Å². The van der Waals surface area contributed by atoms with Crippen LogP contribution in [0.2, 0.25) is 0 Å². The van der Waals surface area contributed by atoms with E-state index in [-0.39, 0.29) is 12.1 Å². The van der Waals surface area contributed by atoms with Gasteiger partial charge in [0.25, 0.3) is 0 Å². The number of carbonyl (C=O) groups excluding carboxylic acids is 1. The first-order valence-electron chi connectivity index (χ1n) is 9.59. The van der Waals surface area contributed by atoms with Gasteiger partial charge in [0.15, 0.2) is 0 Å². The predicted molar refractivity (Wildman–Crippen MR) is 111 cm³/mol. The summed E-state index contributed by atoms with van der Waals surface area (Å²) in [6.45, 7) is 1.85. The minimum atomic E-state index is -0.0774. The molecule has 144 valence electrons. The van der Waals surface area contributed by atoms with Crippen molar-refractivity contribution in [3.63, 3.8) is 0 Å². The molecule has 1 aliphatic heterocycles. The Hall–Kier alpha value is -3.05. The van der Waals surface area contributed by atoms with E-state index in [9.17, 15) is 9.90 Å². The molecule has 3 N–H and O–H groups in total. The van der Waals surface area contributed by atoms with Gasteiger partial charge in [-0.2, -0.15) is 0 Å². The van der Waals surface area contributed by atoms with Crippen molar-refractivity contribution in [2.75, 3.05) is 13.6 Å². The normalized spacial score (nSPS) is 15.8. The van der Waals surface area contributed by atoms with Crippen LogP contribution >= 0.6 is 0 Å². The lowest BCUT2D eigenvalue weighted by molar-refractivity contribution is 0.201. The summed E-state index contributed by atoms with van der Waals surface area (Å²) >= 11 is 0. The number of likely N-dealkylation sites (N-methyl/N-ethyl adjacent to an activating group) is 1. The average Bonchev–Trinajstić information content (AvgIpc) is 2.72. The molecule has 0 spiro atoms. The van der Waals surface area contributed by atoms with E-state index in [1.807, 2.05) is 25.2 Å². The van der Waals surface area contributed by atoms with E-state index >= 15 is 0 Å². The summed E-state index contributed by atoms with van der Waals surface area (Å²) in [4.78, 5) is 14.2. The van der Waals surface area contributed by atoms with Crippen LogP contribution in [-0.2, 0) is 19.5 Å². The quantitative estimate of drug-likeness (QED) is 0.655. The average molecular weight is 375 g/mol. The fourth-order valence-electron chi connectivity index (χ4n) is 3.77. The molecule has 0 aliphatic carbocycles. The maximum Gasteiger partial charge on any atom is 0.317 e.